The molecule has 0 fully saturated rings. The van der Waals surface area contributed by atoms with Gasteiger partial charge >= 0.3 is 0 Å². The summed E-state index contributed by atoms with van der Waals surface area (Å²) < 4.78 is 13.5. The van der Waals surface area contributed by atoms with Gasteiger partial charge in [-0.05, 0) is 18.2 Å². The van der Waals surface area contributed by atoms with Crippen LogP contribution in [0.2, 0.25) is 0 Å². The predicted molar refractivity (Wildman–Crippen MR) is 79.6 cm³/mol. The SMILES string of the molecule is Oc1ccc2c(c1)CN(Cc1cnc3n1CCOC3)CCO2. The molecule has 22 heavy (non-hydrogen) atoms. The summed E-state index contributed by atoms with van der Waals surface area (Å²) in [7, 11) is 0. The minimum Gasteiger partial charge on any atom is -0.508 e. The highest BCUT2D eigenvalue weighted by Crippen LogP contribution is 2.27. The quantitative estimate of drug-likeness (QED) is 0.911. The molecular weight excluding hydrogens is 282 g/mol. The molecule has 0 atom stereocenters. The van der Waals surface area contributed by atoms with Gasteiger partial charge in [0.2, 0.25) is 0 Å². The molecule has 4 rings (SSSR count). The Morgan fingerprint density at radius 2 is 2.18 bits per heavy atom. The Bertz CT molecular complexity index is 683. The molecule has 0 amide bonds. The van der Waals surface area contributed by atoms with Gasteiger partial charge in [-0.25, -0.2) is 4.98 Å². The van der Waals surface area contributed by atoms with Crippen molar-refractivity contribution in [3.05, 3.63) is 41.5 Å². The van der Waals surface area contributed by atoms with Crippen molar-refractivity contribution in [3.63, 3.8) is 0 Å². The van der Waals surface area contributed by atoms with E-state index in [1.165, 1.54) is 5.69 Å². The van der Waals surface area contributed by atoms with Crippen LogP contribution in [0.3, 0.4) is 0 Å². The van der Waals surface area contributed by atoms with Crippen LogP contribution in [-0.2, 0) is 31.0 Å². The zero-order valence-electron chi connectivity index (χ0n) is 12.4. The van der Waals surface area contributed by atoms with E-state index in [2.05, 4.69) is 14.5 Å². The maximum Gasteiger partial charge on any atom is 0.135 e. The van der Waals surface area contributed by atoms with Crippen LogP contribution in [0.5, 0.6) is 11.5 Å². The molecule has 1 N–H and O–H groups in total. The summed E-state index contributed by atoms with van der Waals surface area (Å²) >= 11 is 0. The second-order valence-corrected chi connectivity index (χ2v) is 5.72. The van der Waals surface area contributed by atoms with Crippen LogP contribution in [-0.4, -0.2) is 39.3 Å². The molecule has 3 heterocycles. The van der Waals surface area contributed by atoms with Gasteiger partial charge in [-0.2, -0.15) is 0 Å². The van der Waals surface area contributed by atoms with Crippen molar-refractivity contribution in [2.24, 2.45) is 0 Å². The molecule has 1 aromatic carbocycles. The van der Waals surface area contributed by atoms with Gasteiger partial charge in [-0.15, -0.1) is 0 Å². The third-order valence-electron chi connectivity index (χ3n) is 4.20. The van der Waals surface area contributed by atoms with Crippen LogP contribution in [0.15, 0.2) is 24.4 Å². The number of ether oxygens (including phenoxy) is 2. The Hall–Kier alpha value is -2.05. The smallest absolute Gasteiger partial charge is 0.135 e. The fourth-order valence-corrected chi connectivity index (χ4v) is 3.09. The van der Waals surface area contributed by atoms with E-state index in [1.807, 2.05) is 12.3 Å². The molecular formula is C16H19N3O3. The van der Waals surface area contributed by atoms with Crippen LogP contribution in [0, 0.1) is 0 Å². The van der Waals surface area contributed by atoms with Crippen LogP contribution >= 0.6 is 0 Å². The number of aromatic hydroxyl groups is 1. The third-order valence-corrected chi connectivity index (χ3v) is 4.20. The summed E-state index contributed by atoms with van der Waals surface area (Å²) in [5, 5.41) is 9.68. The van der Waals surface area contributed by atoms with Crippen LogP contribution in [0.25, 0.3) is 0 Å². The number of hydrogen-bond acceptors (Lipinski definition) is 5. The molecule has 0 saturated carbocycles. The number of aromatic nitrogens is 2. The predicted octanol–water partition coefficient (Wildman–Crippen LogP) is 1.51. The lowest BCUT2D eigenvalue weighted by atomic mass is 10.2. The van der Waals surface area contributed by atoms with E-state index in [1.54, 1.807) is 12.1 Å². The Labute approximate surface area is 128 Å². The maximum absolute atomic E-state index is 9.68. The third kappa shape index (κ3) is 2.55. The standard InChI is InChI=1S/C16H19N3O3/c20-14-1-2-15-12(7-14)9-18(3-6-22-15)10-13-8-17-16-11-21-5-4-19(13)16/h1-2,7-8,20H,3-6,9-11H2. The zero-order valence-corrected chi connectivity index (χ0v) is 12.4. The first-order chi connectivity index (χ1) is 10.8. The lowest BCUT2D eigenvalue weighted by molar-refractivity contribution is 0.0794. The first kappa shape index (κ1) is 13.6. The van der Waals surface area contributed by atoms with Gasteiger partial charge in [0.25, 0.3) is 0 Å². The normalized spacial score (nSPS) is 18.2. The number of hydrogen-bond donors (Lipinski definition) is 1. The van der Waals surface area contributed by atoms with E-state index in [-0.39, 0.29) is 5.75 Å². The van der Waals surface area contributed by atoms with Crippen molar-refractivity contribution in [1.29, 1.82) is 0 Å². The zero-order chi connectivity index (χ0) is 14.9. The topological polar surface area (TPSA) is 59.8 Å². The van der Waals surface area contributed by atoms with E-state index in [4.69, 9.17) is 9.47 Å². The number of phenolic OH excluding ortho intramolecular Hbond substituents is 1. The number of nitrogens with zero attached hydrogens (tertiary/aromatic N) is 3. The first-order valence-corrected chi connectivity index (χ1v) is 7.58. The lowest BCUT2D eigenvalue weighted by Crippen LogP contribution is -2.28. The average Bonchev–Trinajstić information content (AvgIpc) is 2.81. The van der Waals surface area contributed by atoms with Crippen LogP contribution < -0.4 is 4.74 Å². The highest BCUT2D eigenvalue weighted by molar-refractivity contribution is 5.40. The second kappa shape index (κ2) is 5.62. The van der Waals surface area contributed by atoms with Crippen LogP contribution in [0.1, 0.15) is 17.1 Å². The van der Waals surface area contributed by atoms with Gasteiger partial charge < -0.3 is 19.1 Å². The summed E-state index contributed by atoms with van der Waals surface area (Å²) in [5.41, 5.74) is 2.24. The van der Waals surface area contributed by atoms with Crippen molar-refractivity contribution >= 4 is 0 Å². The number of fused-ring (bicyclic) bond motifs is 2. The summed E-state index contributed by atoms with van der Waals surface area (Å²) in [4.78, 5) is 6.77. The Morgan fingerprint density at radius 3 is 3.14 bits per heavy atom. The molecule has 0 aliphatic carbocycles. The van der Waals surface area contributed by atoms with E-state index in [0.717, 1.165) is 49.9 Å². The minimum atomic E-state index is 0.281. The van der Waals surface area contributed by atoms with E-state index in [0.29, 0.717) is 13.2 Å². The molecule has 6 nitrogen and oxygen atoms in total. The molecule has 1 aromatic heterocycles. The van der Waals surface area contributed by atoms with Crippen LogP contribution in [0.4, 0.5) is 0 Å². The van der Waals surface area contributed by atoms with Gasteiger partial charge in [0.1, 0.15) is 30.5 Å². The number of imidazole rings is 1. The van der Waals surface area contributed by atoms with Gasteiger partial charge in [-0.1, -0.05) is 0 Å². The number of benzene rings is 1. The molecule has 6 heteroatoms. The van der Waals surface area contributed by atoms with Gasteiger partial charge in [0.05, 0.1) is 12.3 Å². The van der Waals surface area contributed by atoms with Crippen molar-refractivity contribution in [2.45, 2.75) is 26.2 Å². The Morgan fingerprint density at radius 1 is 1.23 bits per heavy atom. The molecule has 2 aliphatic heterocycles. The van der Waals surface area contributed by atoms with Gasteiger partial charge in [0, 0.05) is 37.9 Å². The summed E-state index contributed by atoms with van der Waals surface area (Å²) in [5.74, 6) is 2.15. The molecule has 0 bridgehead atoms. The van der Waals surface area contributed by atoms with Crippen molar-refractivity contribution in [2.75, 3.05) is 19.8 Å². The highest BCUT2D eigenvalue weighted by Gasteiger charge is 2.20. The summed E-state index contributed by atoms with van der Waals surface area (Å²) in [6, 6.07) is 5.29. The lowest BCUT2D eigenvalue weighted by Gasteiger charge is -2.22. The highest BCUT2D eigenvalue weighted by atomic mass is 16.5. The molecule has 0 spiro atoms. The first-order valence-electron chi connectivity index (χ1n) is 7.58. The fourth-order valence-electron chi connectivity index (χ4n) is 3.09. The van der Waals surface area contributed by atoms with E-state index in [9.17, 15) is 5.11 Å². The molecule has 0 radical (unpaired) electrons. The molecule has 2 aromatic rings. The minimum absolute atomic E-state index is 0.281. The van der Waals surface area contributed by atoms with Gasteiger partial charge in [-0.3, -0.25) is 4.90 Å². The Balaban J connectivity index is 1.55. The summed E-state index contributed by atoms with van der Waals surface area (Å²) in [6.07, 6.45) is 1.94. The summed E-state index contributed by atoms with van der Waals surface area (Å²) in [6.45, 7) is 5.31. The fraction of sp³-hybridized carbons (Fsp3) is 0.438. The van der Waals surface area contributed by atoms with Gasteiger partial charge in [0.15, 0.2) is 0 Å². The van der Waals surface area contributed by atoms with Crippen molar-refractivity contribution in [1.82, 2.24) is 14.5 Å². The van der Waals surface area contributed by atoms with Crippen molar-refractivity contribution < 1.29 is 14.6 Å². The second-order valence-electron chi connectivity index (χ2n) is 5.72. The molecule has 0 unspecified atom stereocenters. The van der Waals surface area contributed by atoms with E-state index < -0.39 is 0 Å². The van der Waals surface area contributed by atoms with E-state index >= 15 is 0 Å². The molecule has 2 aliphatic rings. The number of rotatable bonds is 2. The molecule has 116 valence electrons. The largest absolute Gasteiger partial charge is 0.508 e. The Kier molecular flexibility index (Phi) is 3.48. The monoisotopic (exact) mass is 301 g/mol. The van der Waals surface area contributed by atoms with Crippen molar-refractivity contribution in [3.8, 4) is 11.5 Å². The maximum atomic E-state index is 9.68. The molecule has 0 saturated heterocycles. The number of phenols is 1. The average molecular weight is 301 g/mol.